The average Bonchev–Trinajstić information content (AvgIpc) is 2.61. The number of nitrogens with one attached hydrogen (secondary N) is 1. The first-order valence-corrected chi connectivity index (χ1v) is 8.20. The molecule has 2 aromatic carbocycles. The molecular weight excluding hydrogens is 384 g/mol. The van der Waals surface area contributed by atoms with Crippen molar-refractivity contribution in [3.63, 3.8) is 0 Å². The SMILES string of the molecule is Cl.Cl.FC(F)(F)C[C@H](c1ccc(-c2ccccc2)cc1)N1CCNCC1. The molecule has 1 aliphatic rings. The van der Waals surface area contributed by atoms with Gasteiger partial charge in [0.05, 0.1) is 6.42 Å². The van der Waals surface area contributed by atoms with Gasteiger partial charge in [-0.1, -0.05) is 54.6 Å². The van der Waals surface area contributed by atoms with E-state index in [9.17, 15) is 13.2 Å². The summed E-state index contributed by atoms with van der Waals surface area (Å²) in [5.41, 5.74) is 2.82. The van der Waals surface area contributed by atoms with Gasteiger partial charge >= 0.3 is 6.18 Å². The molecule has 1 atom stereocenters. The highest BCUT2D eigenvalue weighted by atomic mass is 35.5. The van der Waals surface area contributed by atoms with Crippen molar-refractivity contribution >= 4 is 24.8 Å². The van der Waals surface area contributed by atoms with Crippen molar-refractivity contribution in [1.29, 1.82) is 0 Å². The van der Waals surface area contributed by atoms with Crippen LogP contribution in [0.1, 0.15) is 18.0 Å². The van der Waals surface area contributed by atoms with Crippen LogP contribution in [-0.4, -0.2) is 37.3 Å². The van der Waals surface area contributed by atoms with Crippen molar-refractivity contribution in [2.45, 2.75) is 18.6 Å². The lowest BCUT2D eigenvalue weighted by atomic mass is 9.97. The normalized spacial score (nSPS) is 16.3. The Morgan fingerprint density at radius 1 is 0.846 bits per heavy atom. The number of hydrogen-bond donors (Lipinski definition) is 1. The Labute approximate surface area is 164 Å². The Morgan fingerprint density at radius 3 is 1.92 bits per heavy atom. The predicted molar refractivity (Wildman–Crippen MR) is 104 cm³/mol. The van der Waals surface area contributed by atoms with E-state index in [-0.39, 0.29) is 24.8 Å². The molecule has 144 valence electrons. The maximum atomic E-state index is 13.0. The van der Waals surface area contributed by atoms with Crippen LogP contribution in [0.5, 0.6) is 0 Å². The molecule has 1 saturated heterocycles. The third-order valence-corrected chi connectivity index (χ3v) is 4.42. The fourth-order valence-electron chi connectivity index (χ4n) is 3.20. The van der Waals surface area contributed by atoms with Crippen molar-refractivity contribution in [2.75, 3.05) is 26.2 Å². The third-order valence-electron chi connectivity index (χ3n) is 4.42. The van der Waals surface area contributed by atoms with E-state index in [1.165, 1.54) is 0 Å². The molecule has 3 rings (SSSR count). The van der Waals surface area contributed by atoms with E-state index < -0.39 is 18.6 Å². The summed E-state index contributed by atoms with van der Waals surface area (Å²) in [7, 11) is 0. The minimum absolute atomic E-state index is 0. The van der Waals surface area contributed by atoms with Gasteiger partial charge < -0.3 is 5.32 Å². The highest BCUT2D eigenvalue weighted by molar-refractivity contribution is 5.85. The quantitative estimate of drug-likeness (QED) is 0.759. The number of rotatable bonds is 4. The summed E-state index contributed by atoms with van der Waals surface area (Å²) in [6, 6.07) is 16.7. The van der Waals surface area contributed by atoms with Crippen LogP contribution < -0.4 is 5.32 Å². The van der Waals surface area contributed by atoms with E-state index in [2.05, 4.69) is 5.32 Å². The Balaban J connectivity index is 0.00000169. The van der Waals surface area contributed by atoms with E-state index in [0.29, 0.717) is 13.1 Å². The number of alkyl halides is 3. The second-order valence-corrected chi connectivity index (χ2v) is 6.11. The van der Waals surface area contributed by atoms with Gasteiger partial charge in [0, 0.05) is 32.2 Å². The van der Waals surface area contributed by atoms with Crippen molar-refractivity contribution in [2.24, 2.45) is 0 Å². The predicted octanol–water partition coefficient (Wildman–Crippen LogP) is 5.10. The molecule has 0 unspecified atom stereocenters. The third kappa shape index (κ3) is 6.16. The van der Waals surface area contributed by atoms with Gasteiger partial charge in [-0.15, -0.1) is 24.8 Å². The molecule has 0 saturated carbocycles. The lowest BCUT2D eigenvalue weighted by Gasteiger charge is -2.35. The smallest absolute Gasteiger partial charge is 0.314 e. The highest BCUT2D eigenvalue weighted by Gasteiger charge is 2.35. The topological polar surface area (TPSA) is 15.3 Å². The van der Waals surface area contributed by atoms with Gasteiger partial charge in [0.25, 0.3) is 0 Å². The van der Waals surface area contributed by atoms with E-state index in [4.69, 9.17) is 0 Å². The zero-order valence-electron chi connectivity index (χ0n) is 14.2. The lowest BCUT2D eigenvalue weighted by molar-refractivity contribution is -0.148. The van der Waals surface area contributed by atoms with Crippen LogP contribution in [0.25, 0.3) is 11.1 Å². The Hall–Kier alpha value is -1.27. The Bertz CT molecular complexity index is 642. The highest BCUT2D eigenvalue weighted by Crippen LogP contribution is 2.34. The number of nitrogens with zero attached hydrogens (tertiary/aromatic N) is 1. The van der Waals surface area contributed by atoms with Crippen molar-refractivity contribution in [1.82, 2.24) is 10.2 Å². The maximum absolute atomic E-state index is 13.0. The van der Waals surface area contributed by atoms with Gasteiger partial charge in [-0.3, -0.25) is 4.90 Å². The molecule has 0 spiro atoms. The summed E-state index contributed by atoms with van der Waals surface area (Å²) in [6.45, 7) is 2.75. The zero-order valence-corrected chi connectivity index (χ0v) is 15.8. The summed E-state index contributed by atoms with van der Waals surface area (Å²) < 4.78 is 39.1. The van der Waals surface area contributed by atoms with Crippen LogP contribution in [0, 0.1) is 0 Å². The molecule has 7 heteroatoms. The molecule has 0 radical (unpaired) electrons. The van der Waals surface area contributed by atoms with Gasteiger partial charge in [0.1, 0.15) is 0 Å². The fourth-order valence-corrected chi connectivity index (χ4v) is 3.20. The molecule has 1 N–H and O–H groups in total. The van der Waals surface area contributed by atoms with Crippen molar-refractivity contribution in [3.05, 3.63) is 60.2 Å². The van der Waals surface area contributed by atoms with Crippen LogP contribution in [0.15, 0.2) is 54.6 Å². The molecule has 0 aromatic heterocycles. The monoisotopic (exact) mass is 406 g/mol. The number of hydrogen-bond acceptors (Lipinski definition) is 2. The van der Waals surface area contributed by atoms with Gasteiger partial charge in [-0.2, -0.15) is 13.2 Å². The molecule has 0 bridgehead atoms. The van der Waals surface area contributed by atoms with Crippen LogP contribution in [0.3, 0.4) is 0 Å². The van der Waals surface area contributed by atoms with E-state index in [1.54, 1.807) is 0 Å². The van der Waals surface area contributed by atoms with E-state index in [1.807, 2.05) is 59.5 Å². The maximum Gasteiger partial charge on any atom is 0.390 e. The first-order chi connectivity index (χ1) is 11.5. The molecule has 2 aromatic rings. The average molecular weight is 407 g/mol. The minimum Gasteiger partial charge on any atom is -0.314 e. The summed E-state index contributed by atoms with van der Waals surface area (Å²) >= 11 is 0. The number of piperazine rings is 1. The van der Waals surface area contributed by atoms with Gasteiger partial charge in [-0.05, 0) is 16.7 Å². The molecule has 0 amide bonds. The van der Waals surface area contributed by atoms with Gasteiger partial charge in [0.2, 0.25) is 0 Å². The second kappa shape index (κ2) is 10.2. The Morgan fingerprint density at radius 2 is 1.38 bits per heavy atom. The van der Waals surface area contributed by atoms with Crippen molar-refractivity contribution in [3.8, 4) is 11.1 Å². The van der Waals surface area contributed by atoms with Crippen LogP contribution in [0.4, 0.5) is 13.2 Å². The summed E-state index contributed by atoms with van der Waals surface area (Å²) in [5, 5.41) is 3.19. The summed E-state index contributed by atoms with van der Waals surface area (Å²) in [5.74, 6) is 0. The first kappa shape index (κ1) is 22.8. The molecule has 2 nitrogen and oxygen atoms in total. The van der Waals surface area contributed by atoms with Crippen LogP contribution in [-0.2, 0) is 0 Å². The first-order valence-electron chi connectivity index (χ1n) is 8.20. The van der Waals surface area contributed by atoms with E-state index >= 15 is 0 Å². The number of halogens is 5. The van der Waals surface area contributed by atoms with E-state index in [0.717, 1.165) is 29.8 Å². The fraction of sp³-hybridized carbons (Fsp3) is 0.368. The Kier molecular flexibility index (Phi) is 8.90. The molecule has 1 heterocycles. The molecule has 1 fully saturated rings. The van der Waals surface area contributed by atoms with Crippen molar-refractivity contribution < 1.29 is 13.2 Å². The largest absolute Gasteiger partial charge is 0.390 e. The van der Waals surface area contributed by atoms with Gasteiger partial charge in [0.15, 0.2) is 0 Å². The minimum atomic E-state index is -4.17. The van der Waals surface area contributed by atoms with Crippen LogP contribution in [0.2, 0.25) is 0 Å². The summed E-state index contributed by atoms with van der Waals surface area (Å²) in [6.07, 6.45) is -4.98. The van der Waals surface area contributed by atoms with Gasteiger partial charge in [-0.25, -0.2) is 0 Å². The molecule has 26 heavy (non-hydrogen) atoms. The number of benzene rings is 2. The van der Waals surface area contributed by atoms with Crippen LogP contribution >= 0.6 is 24.8 Å². The zero-order chi connectivity index (χ0) is 17.0. The molecular formula is C19H23Cl2F3N2. The molecule has 1 aliphatic heterocycles. The second-order valence-electron chi connectivity index (χ2n) is 6.11. The standard InChI is InChI=1S/C19H21F3N2.2ClH/c20-19(21,22)14-18(24-12-10-23-11-13-24)17-8-6-16(7-9-17)15-4-2-1-3-5-15;;/h1-9,18,23H,10-14H2;2*1H/t18-;;/m1../s1. The lowest BCUT2D eigenvalue weighted by Crippen LogP contribution is -2.46. The molecule has 0 aliphatic carbocycles. The summed E-state index contributed by atoms with van der Waals surface area (Å²) in [4.78, 5) is 1.93.